The number of ether oxygens (including phenoxy) is 1. The van der Waals surface area contributed by atoms with Crippen LogP contribution in [0.1, 0.15) is 69.9 Å². The van der Waals surface area contributed by atoms with Crippen LogP contribution < -0.4 is 5.32 Å². The van der Waals surface area contributed by atoms with Gasteiger partial charge >= 0.3 is 5.97 Å². The number of aromatic nitrogens is 1. The Morgan fingerprint density at radius 2 is 2.00 bits per heavy atom. The van der Waals surface area contributed by atoms with Crippen molar-refractivity contribution in [2.75, 3.05) is 5.32 Å². The number of rotatable bonds is 3. The van der Waals surface area contributed by atoms with Crippen molar-refractivity contribution >= 4 is 33.7 Å². The minimum absolute atomic E-state index is 0.0454. The largest absolute Gasteiger partial charge is 0.462 e. The van der Waals surface area contributed by atoms with Gasteiger partial charge in [0.25, 0.3) is 0 Å². The van der Waals surface area contributed by atoms with Crippen LogP contribution in [0.25, 0.3) is 5.57 Å². The van der Waals surface area contributed by atoms with Crippen molar-refractivity contribution in [3.63, 3.8) is 0 Å². The van der Waals surface area contributed by atoms with Crippen LogP contribution in [0.3, 0.4) is 0 Å². The van der Waals surface area contributed by atoms with Crippen LogP contribution >= 0.6 is 11.3 Å². The van der Waals surface area contributed by atoms with E-state index in [1.165, 1.54) is 29.5 Å². The van der Waals surface area contributed by atoms with E-state index in [1.54, 1.807) is 11.3 Å². The Labute approximate surface area is 209 Å². The van der Waals surface area contributed by atoms with Crippen LogP contribution in [0.15, 0.2) is 24.3 Å². The Bertz CT molecular complexity index is 1230. The van der Waals surface area contributed by atoms with Gasteiger partial charge < -0.3 is 10.1 Å². The van der Waals surface area contributed by atoms with Gasteiger partial charge in [-0.25, -0.2) is 13.8 Å². The summed E-state index contributed by atoms with van der Waals surface area (Å²) in [7, 11) is 0. The van der Waals surface area contributed by atoms with Gasteiger partial charge in [-0.2, -0.15) is 0 Å². The van der Waals surface area contributed by atoms with Crippen molar-refractivity contribution in [3.8, 4) is 0 Å². The van der Waals surface area contributed by atoms with Gasteiger partial charge in [0.2, 0.25) is 0 Å². The molecule has 1 heterocycles. The van der Waals surface area contributed by atoms with E-state index < -0.39 is 11.6 Å². The second-order valence-electron chi connectivity index (χ2n) is 11.4. The number of benzene rings is 1. The zero-order valence-electron chi connectivity index (χ0n) is 20.5. The van der Waals surface area contributed by atoms with Crippen molar-refractivity contribution in [2.45, 2.75) is 71.8 Å². The van der Waals surface area contributed by atoms with Crippen molar-refractivity contribution < 1.29 is 18.3 Å². The van der Waals surface area contributed by atoms with Crippen LogP contribution in [0, 0.1) is 40.2 Å². The minimum atomic E-state index is -0.614. The molecule has 7 heteroatoms. The van der Waals surface area contributed by atoms with Gasteiger partial charge in [0.05, 0.1) is 16.3 Å². The number of halogens is 2. The maximum absolute atomic E-state index is 14.2. The number of esters is 1. The zero-order chi connectivity index (χ0) is 24.5. The van der Waals surface area contributed by atoms with E-state index in [0.29, 0.717) is 22.9 Å². The lowest BCUT2D eigenvalue weighted by molar-refractivity contribution is -0.156. The monoisotopic (exact) mass is 498 g/mol. The van der Waals surface area contributed by atoms with Gasteiger partial charge in [0.1, 0.15) is 17.7 Å². The molecule has 0 bridgehead atoms. The maximum atomic E-state index is 14.2. The van der Waals surface area contributed by atoms with Crippen LogP contribution in [0.5, 0.6) is 0 Å². The Morgan fingerprint density at radius 3 is 2.77 bits per heavy atom. The fourth-order valence-electron chi connectivity index (χ4n) is 7.98. The number of hydrogen-bond acceptors (Lipinski definition) is 5. The van der Waals surface area contributed by atoms with Gasteiger partial charge in [0.15, 0.2) is 5.13 Å². The highest BCUT2D eigenvalue weighted by Crippen LogP contribution is 2.66. The lowest BCUT2D eigenvalue weighted by atomic mass is 9.48. The molecule has 0 radical (unpaired) electrons. The molecule has 4 aliphatic rings. The third kappa shape index (κ3) is 3.56. The topological polar surface area (TPSA) is 51.2 Å². The van der Waals surface area contributed by atoms with Crippen molar-refractivity contribution in [1.82, 2.24) is 4.98 Å². The number of carbonyl (C=O) groups is 1. The molecule has 6 atom stereocenters. The van der Waals surface area contributed by atoms with Gasteiger partial charge in [-0.05, 0) is 85.8 Å². The average Bonchev–Trinajstić information content (AvgIpc) is 3.35. The summed E-state index contributed by atoms with van der Waals surface area (Å²) in [4.78, 5) is 17.7. The second-order valence-corrected chi connectivity index (χ2v) is 12.4. The third-order valence-corrected chi connectivity index (χ3v) is 10.7. The summed E-state index contributed by atoms with van der Waals surface area (Å²) in [5.41, 5.74) is 2.91. The molecule has 0 aliphatic heterocycles. The average molecular weight is 499 g/mol. The first-order valence-electron chi connectivity index (χ1n) is 12.8. The van der Waals surface area contributed by atoms with Gasteiger partial charge in [-0.1, -0.05) is 31.3 Å². The number of fused-ring (bicyclic) bond motifs is 7. The quantitative estimate of drug-likeness (QED) is 0.452. The molecule has 0 saturated heterocycles. The molecule has 0 amide bonds. The van der Waals surface area contributed by atoms with E-state index in [-0.39, 0.29) is 28.6 Å². The van der Waals surface area contributed by atoms with E-state index in [2.05, 4.69) is 25.2 Å². The summed E-state index contributed by atoms with van der Waals surface area (Å²) in [6, 6.07) is 3.57. The summed E-state index contributed by atoms with van der Waals surface area (Å²) in [6.45, 7) is 6.32. The lowest BCUT2D eigenvalue weighted by Gasteiger charge is -2.56. The first kappa shape index (κ1) is 23.1. The van der Waals surface area contributed by atoms with E-state index in [0.717, 1.165) is 56.7 Å². The van der Waals surface area contributed by atoms with E-state index in [9.17, 15) is 13.6 Å². The number of anilines is 2. The summed E-state index contributed by atoms with van der Waals surface area (Å²) in [5, 5.41) is 3.73. The molecule has 35 heavy (non-hydrogen) atoms. The van der Waals surface area contributed by atoms with Crippen LogP contribution in [0.2, 0.25) is 0 Å². The van der Waals surface area contributed by atoms with E-state index in [1.807, 2.05) is 0 Å². The summed E-state index contributed by atoms with van der Waals surface area (Å²) < 4.78 is 33.3. The molecule has 6 rings (SSSR count). The lowest BCUT2D eigenvalue weighted by Crippen LogP contribution is -2.50. The fourth-order valence-corrected chi connectivity index (χ4v) is 9.18. The fraction of sp³-hybridized carbons (Fsp3) is 0.571. The zero-order valence-corrected chi connectivity index (χ0v) is 21.3. The van der Waals surface area contributed by atoms with Crippen LogP contribution in [0.4, 0.5) is 19.6 Å². The normalized spacial score (nSPS) is 35.3. The molecule has 4 nitrogen and oxygen atoms in total. The molecule has 2 fully saturated rings. The summed E-state index contributed by atoms with van der Waals surface area (Å²) >= 11 is 1.58. The van der Waals surface area contributed by atoms with E-state index >= 15 is 0 Å². The molecular weight excluding hydrogens is 466 g/mol. The molecule has 1 N–H and O–H groups in total. The molecule has 186 valence electrons. The van der Waals surface area contributed by atoms with Gasteiger partial charge in [-0.15, -0.1) is 0 Å². The van der Waals surface area contributed by atoms with Crippen LogP contribution in [-0.2, 0) is 16.0 Å². The van der Waals surface area contributed by atoms with Gasteiger partial charge in [0, 0.05) is 18.4 Å². The summed E-state index contributed by atoms with van der Waals surface area (Å²) in [5.74, 6) is 0.445. The van der Waals surface area contributed by atoms with E-state index in [4.69, 9.17) is 9.72 Å². The predicted octanol–water partition coefficient (Wildman–Crippen LogP) is 7.28. The third-order valence-electron chi connectivity index (χ3n) is 9.68. The number of carbonyl (C=O) groups excluding carboxylic acids is 1. The molecule has 1 aromatic carbocycles. The molecular formula is C28H32F2N2O2S. The first-order chi connectivity index (χ1) is 16.7. The molecule has 0 spiro atoms. The standard InChI is InChI=1S/C28H32F2N2O2S/c1-15(33)34-24-9-7-18-17-5-6-20-25-23(11-13-27(20,2)19(17)10-12-28(18,24)3)32-26(35-25)31-22-8-4-16(29)14-21(22)30/h4,6,8,14,17-19,24H,5,7,9-13H2,1-3H3,(H,31,32)/t17-,18-,19-,24-,27+,28-/m0/s1. The smallest absolute Gasteiger partial charge is 0.302 e. The SMILES string of the molecule is CC(=O)O[C@H]1CC[C@H]2[C@@H]3CC=C4c5sc(Nc6ccc(F)cc6F)nc5CC[C@]4(C)[C@H]3CC[C@]12C. The van der Waals surface area contributed by atoms with Crippen molar-refractivity contribution in [3.05, 3.63) is 46.5 Å². The predicted molar refractivity (Wildman–Crippen MR) is 133 cm³/mol. The Hall–Kier alpha value is -2.28. The minimum Gasteiger partial charge on any atom is -0.462 e. The molecule has 1 aromatic heterocycles. The molecule has 4 aliphatic carbocycles. The first-order valence-corrected chi connectivity index (χ1v) is 13.6. The van der Waals surface area contributed by atoms with Gasteiger partial charge in [-0.3, -0.25) is 4.79 Å². The number of hydrogen-bond donors (Lipinski definition) is 1. The highest BCUT2D eigenvalue weighted by atomic mass is 32.1. The second kappa shape index (κ2) is 8.12. The Kier molecular flexibility index (Phi) is 5.37. The Balaban J connectivity index is 1.29. The molecule has 0 unspecified atom stereocenters. The van der Waals surface area contributed by atoms with Crippen molar-refractivity contribution in [1.29, 1.82) is 0 Å². The maximum Gasteiger partial charge on any atom is 0.302 e. The number of aryl methyl sites for hydroxylation is 1. The molecule has 2 saturated carbocycles. The highest BCUT2D eigenvalue weighted by molar-refractivity contribution is 7.16. The number of nitrogens with zero attached hydrogens (tertiary/aromatic N) is 1. The van der Waals surface area contributed by atoms with Crippen molar-refractivity contribution in [2.24, 2.45) is 28.6 Å². The molecule has 2 aromatic rings. The number of thiazole rings is 1. The Morgan fingerprint density at radius 1 is 1.17 bits per heavy atom. The van der Waals surface area contributed by atoms with Crippen LogP contribution in [-0.4, -0.2) is 17.1 Å². The number of allylic oxidation sites excluding steroid dienone is 2. The number of nitrogens with one attached hydrogen (secondary N) is 1. The summed E-state index contributed by atoms with van der Waals surface area (Å²) in [6.07, 6.45) is 9.90. The highest BCUT2D eigenvalue weighted by Gasteiger charge is 2.59.